The predicted molar refractivity (Wildman–Crippen MR) is 91.9 cm³/mol. The smallest absolute Gasteiger partial charge is 0.303 e. The van der Waals surface area contributed by atoms with E-state index in [0.29, 0.717) is 30.0 Å². The van der Waals surface area contributed by atoms with Crippen LogP contribution in [0.2, 0.25) is 10.4 Å². The van der Waals surface area contributed by atoms with Gasteiger partial charge in [0.15, 0.2) is 17.0 Å². The number of carbonyl (C=O) groups excluding carboxylic acids is 1. The molecule has 1 fully saturated rings. The summed E-state index contributed by atoms with van der Waals surface area (Å²) in [5.74, 6) is -0.0267. The van der Waals surface area contributed by atoms with Gasteiger partial charge in [-0.25, -0.2) is 9.97 Å². The third-order valence-electron chi connectivity index (χ3n) is 4.05. The highest BCUT2D eigenvalue weighted by Crippen LogP contribution is 2.40. The second-order valence-electron chi connectivity index (χ2n) is 5.84. The Hall–Kier alpha value is -2.37. The van der Waals surface area contributed by atoms with Gasteiger partial charge in [0, 0.05) is 13.3 Å². The van der Waals surface area contributed by atoms with Crippen LogP contribution in [0, 0.1) is 0 Å². The lowest BCUT2D eigenvalue weighted by Crippen LogP contribution is -2.24. The maximum absolute atomic E-state index is 11.6. The fourth-order valence-corrected chi connectivity index (χ4v) is 3.35. The normalized spacial score (nSPS) is 22.4. The first-order valence-electron chi connectivity index (χ1n) is 8.12. The van der Waals surface area contributed by atoms with Crippen LogP contribution in [0.1, 0.15) is 38.4 Å². The molecule has 11 nitrogen and oxygen atoms in total. The average molecular weight is 413 g/mol. The number of fused-ring (bicyclic) bond motifs is 1. The van der Waals surface area contributed by atoms with Gasteiger partial charge < -0.3 is 9.47 Å². The molecule has 0 aromatic carbocycles. The Morgan fingerprint density at radius 1 is 1.41 bits per heavy atom. The third-order valence-corrected chi connectivity index (χ3v) is 4.48. The molecule has 3 aromatic heterocycles. The van der Waals surface area contributed by atoms with Crippen molar-refractivity contribution in [3.05, 3.63) is 22.6 Å². The maximum Gasteiger partial charge on any atom is 0.303 e. The van der Waals surface area contributed by atoms with E-state index in [2.05, 4.69) is 30.4 Å². The second-order valence-corrected chi connectivity index (χ2v) is 6.54. The topological polar surface area (TPSA) is 123 Å². The van der Waals surface area contributed by atoms with E-state index < -0.39 is 24.4 Å². The molecule has 4 heterocycles. The summed E-state index contributed by atoms with van der Waals surface area (Å²) in [4.78, 5) is 25.3. The van der Waals surface area contributed by atoms with Gasteiger partial charge in [0.2, 0.25) is 11.1 Å². The minimum absolute atomic E-state index is 0.0274. The van der Waals surface area contributed by atoms with Gasteiger partial charge >= 0.3 is 5.97 Å². The zero-order valence-electron chi connectivity index (χ0n) is 14.3. The van der Waals surface area contributed by atoms with Gasteiger partial charge in [0.1, 0.15) is 17.7 Å². The summed E-state index contributed by atoms with van der Waals surface area (Å²) >= 11 is 12.0. The van der Waals surface area contributed by atoms with Crippen LogP contribution in [0.3, 0.4) is 0 Å². The SMILES string of the molecule is CCn1nnc([C@H]2C[C@@H](OC(C)=O)[C@H](n3cnc4c(Cl)nc(Cl)nc43)O2)n1. The van der Waals surface area contributed by atoms with E-state index in [1.807, 2.05) is 6.92 Å². The van der Waals surface area contributed by atoms with Gasteiger partial charge in [-0.2, -0.15) is 9.78 Å². The number of tetrazole rings is 1. The summed E-state index contributed by atoms with van der Waals surface area (Å²) in [7, 11) is 0. The first kappa shape index (κ1) is 18.0. The minimum atomic E-state index is -0.709. The monoisotopic (exact) mass is 412 g/mol. The van der Waals surface area contributed by atoms with Crippen LogP contribution in [-0.2, 0) is 20.8 Å². The number of ether oxygens (including phenoxy) is 2. The molecule has 0 N–H and O–H groups in total. The Labute approximate surface area is 162 Å². The van der Waals surface area contributed by atoms with Crippen molar-refractivity contribution < 1.29 is 14.3 Å². The fourth-order valence-electron chi connectivity index (χ4n) is 2.93. The van der Waals surface area contributed by atoms with Gasteiger partial charge in [0.05, 0.1) is 12.9 Å². The Balaban J connectivity index is 1.72. The number of rotatable bonds is 4. The van der Waals surface area contributed by atoms with Crippen molar-refractivity contribution in [2.24, 2.45) is 0 Å². The number of nitrogens with zero attached hydrogens (tertiary/aromatic N) is 8. The van der Waals surface area contributed by atoms with Crippen molar-refractivity contribution in [2.75, 3.05) is 0 Å². The molecule has 3 aromatic rings. The van der Waals surface area contributed by atoms with E-state index in [0.717, 1.165) is 0 Å². The summed E-state index contributed by atoms with van der Waals surface area (Å²) in [5, 5.41) is 12.3. The van der Waals surface area contributed by atoms with Crippen LogP contribution in [0.5, 0.6) is 0 Å². The van der Waals surface area contributed by atoms with E-state index in [9.17, 15) is 4.79 Å². The molecule has 27 heavy (non-hydrogen) atoms. The largest absolute Gasteiger partial charge is 0.458 e. The molecule has 0 unspecified atom stereocenters. The quantitative estimate of drug-likeness (QED) is 0.357. The third kappa shape index (κ3) is 3.33. The zero-order valence-corrected chi connectivity index (χ0v) is 15.8. The van der Waals surface area contributed by atoms with E-state index in [4.69, 9.17) is 32.7 Å². The van der Waals surface area contributed by atoms with Crippen LogP contribution in [0.4, 0.5) is 0 Å². The first-order valence-corrected chi connectivity index (χ1v) is 8.87. The van der Waals surface area contributed by atoms with Crippen molar-refractivity contribution in [1.82, 2.24) is 39.7 Å². The molecule has 0 bridgehead atoms. The molecule has 0 spiro atoms. The number of aryl methyl sites for hydroxylation is 1. The zero-order chi connectivity index (χ0) is 19.1. The molecular formula is C14H14Cl2N8O3. The predicted octanol–water partition coefficient (Wildman–Crippen LogP) is 1.73. The molecule has 0 radical (unpaired) electrons. The van der Waals surface area contributed by atoms with Crippen LogP contribution in [-0.4, -0.2) is 51.8 Å². The van der Waals surface area contributed by atoms with E-state index in [1.54, 1.807) is 4.57 Å². The first-order chi connectivity index (χ1) is 13.0. The van der Waals surface area contributed by atoms with Crippen LogP contribution in [0.25, 0.3) is 11.2 Å². The number of halogens is 2. The summed E-state index contributed by atoms with van der Waals surface area (Å²) in [6.07, 6.45) is 0.0169. The summed E-state index contributed by atoms with van der Waals surface area (Å²) in [6.45, 7) is 3.81. The van der Waals surface area contributed by atoms with Crippen LogP contribution in [0.15, 0.2) is 6.33 Å². The number of esters is 1. The van der Waals surface area contributed by atoms with Gasteiger partial charge in [0.25, 0.3) is 0 Å². The van der Waals surface area contributed by atoms with E-state index in [-0.39, 0.29) is 10.4 Å². The molecule has 142 valence electrons. The molecule has 13 heteroatoms. The molecule has 3 atom stereocenters. The lowest BCUT2D eigenvalue weighted by atomic mass is 10.2. The average Bonchev–Trinajstić information content (AvgIpc) is 3.31. The Bertz CT molecular complexity index is 1010. The van der Waals surface area contributed by atoms with Crippen molar-refractivity contribution in [3.8, 4) is 0 Å². The maximum atomic E-state index is 11.6. The standard InChI is InChI=1S/C14H14Cl2N8O3/c1-3-24-21-11(20-22-24)7-4-8(26-6(2)25)13(27-7)23-5-17-9-10(15)18-14(16)19-12(9)23/h5,7-8,13H,3-4H2,1-2H3/t7-,8-,13-/m1/s1. The second kappa shape index (κ2) is 6.98. The van der Waals surface area contributed by atoms with Crippen molar-refractivity contribution >= 4 is 40.3 Å². The molecule has 4 rings (SSSR count). The minimum Gasteiger partial charge on any atom is -0.458 e. The molecule has 1 saturated heterocycles. The number of aromatic nitrogens is 8. The molecule has 1 aliphatic heterocycles. The van der Waals surface area contributed by atoms with Gasteiger partial charge in [-0.05, 0) is 23.7 Å². The van der Waals surface area contributed by atoms with E-state index >= 15 is 0 Å². The van der Waals surface area contributed by atoms with Gasteiger partial charge in [-0.1, -0.05) is 11.6 Å². The summed E-state index contributed by atoms with van der Waals surface area (Å²) < 4.78 is 13.1. The highest BCUT2D eigenvalue weighted by Gasteiger charge is 2.42. The fraction of sp³-hybridized carbons (Fsp3) is 0.500. The van der Waals surface area contributed by atoms with Crippen molar-refractivity contribution in [2.45, 2.75) is 45.2 Å². The van der Waals surface area contributed by atoms with Crippen LogP contribution < -0.4 is 0 Å². The highest BCUT2D eigenvalue weighted by atomic mass is 35.5. The molecule has 1 aliphatic rings. The lowest BCUT2D eigenvalue weighted by molar-refractivity contribution is -0.152. The molecular weight excluding hydrogens is 399 g/mol. The Morgan fingerprint density at radius 3 is 2.93 bits per heavy atom. The summed E-state index contributed by atoms with van der Waals surface area (Å²) in [5.41, 5.74) is 0.734. The van der Waals surface area contributed by atoms with Crippen molar-refractivity contribution in [3.63, 3.8) is 0 Å². The van der Waals surface area contributed by atoms with Gasteiger partial charge in [-0.15, -0.1) is 10.2 Å². The molecule has 0 saturated carbocycles. The van der Waals surface area contributed by atoms with Crippen LogP contribution >= 0.6 is 23.2 Å². The number of carbonyl (C=O) groups is 1. The highest BCUT2D eigenvalue weighted by molar-refractivity contribution is 6.35. The lowest BCUT2D eigenvalue weighted by Gasteiger charge is -2.19. The Kier molecular flexibility index (Phi) is 4.66. The summed E-state index contributed by atoms with van der Waals surface area (Å²) in [6, 6.07) is 0. The Morgan fingerprint density at radius 2 is 2.22 bits per heavy atom. The van der Waals surface area contributed by atoms with Crippen molar-refractivity contribution in [1.29, 1.82) is 0 Å². The van der Waals surface area contributed by atoms with Gasteiger partial charge in [-0.3, -0.25) is 9.36 Å². The number of hydrogen-bond donors (Lipinski definition) is 0. The molecule has 0 aliphatic carbocycles. The number of imidazole rings is 1. The van der Waals surface area contributed by atoms with E-state index in [1.165, 1.54) is 18.0 Å². The molecule has 0 amide bonds. The number of hydrogen-bond acceptors (Lipinski definition) is 9.